The summed E-state index contributed by atoms with van der Waals surface area (Å²) in [7, 11) is 0. The SMILES string of the molecule is c1ccc(C2CCNCC2)c(CN2CCCCC2)c1. The highest BCUT2D eigenvalue weighted by Crippen LogP contribution is 2.29. The van der Waals surface area contributed by atoms with Crippen LogP contribution in [0.1, 0.15) is 49.1 Å². The summed E-state index contributed by atoms with van der Waals surface area (Å²) < 4.78 is 0. The molecule has 1 N–H and O–H groups in total. The third-order valence-electron chi connectivity index (χ3n) is 4.68. The van der Waals surface area contributed by atoms with Gasteiger partial charge in [0.15, 0.2) is 0 Å². The molecule has 0 saturated carbocycles. The van der Waals surface area contributed by atoms with Crippen LogP contribution in [0, 0.1) is 0 Å². The van der Waals surface area contributed by atoms with Crippen LogP contribution in [-0.2, 0) is 6.54 Å². The van der Waals surface area contributed by atoms with Crippen molar-refractivity contribution in [2.75, 3.05) is 26.2 Å². The molecule has 1 aromatic rings. The molecule has 0 spiro atoms. The third kappa shape index (κ3) is 3.37. The first kappa shape index (κ1) is 13.1. The number of rotatable bonds is 3. The smallest absolute Gasteiger partial charge is 0.0236 e. The van der Waals surface area contributed by atoms with Crippen molar-refractivity contribution in [1.82, 2.24) is 10.2 Å². The summed E-state index contributed by atoms with van der Waals surface area (Å²) in [5.74, 6) is 0.780. The Kier molecular flexibility index (Phi) is 4.52. The average Bonchev–Trinajstić information content (AvgIpc) is 2.50. The van der Waals surface area contributed by atoms with Gasteiger partial charge >= 0.3 is 0 Å². The Labute approximate surface area is 117 Å². The van der Waals surface area contributed by atoms with Crippen LogP contribution in [0.4, 0.5) is 0 Å². The first-order valence-electron chi connectivity index (χ1n) is 7.94. The Bertz CT molecular complexity index is 390. The molecule has 2 heteroatoms. The van der Waals surface area contributed by atoms with E-state index >= 15 is 0 Å². The Morgan fingerprint density at radius 1 is 1.00 bits per heavy atom. The van der Waals surface area contributed by atoms with Gasteiger partial charge in [-0.1, -0.05) is 30.7 Å². The van der Waals surface area contributed by atoms with E-state index in [0.29, 0.717) is 0 Å². The zero-order chi connectivity index (χ0) is 12.9. The lowest BCUT2D eigenvalue weighted by Gasteiger charge is -2.30. The van der Waals surface area contributed by atoms with Crippen LogP contribution < -0.4 is 5.32 Å². The van der Waals surface area contributed by atoms with E-state index in [-0.39, 0.29) is 0 Å². The van der Waals surface area contributed by atoms with E-state index in [9.17, 15) is 0 Å². The molecule has 104 valence electrons. The number of nitrogens with zero attached hydrogens (tertiary/aromatic N) is 1. The van der Waals surface area contributed by atoms with Crippen LogP contribution >= 0.6 is 0 Å². The molecule has 0 atom stereocenters. The predicted molar refractivity (Wildman–Crippen MR) is 80.4 cm³/mol. The van der Waals surface area contributed by atoms with E-state index in [1.165, 1.54) is 64.8 Å². The summed E-state index contributed by atoms with van der Waals surface area (Å²) >= 11 is 0. The van der Waals surface area contributed by atoms with E-state index in [0.717, 1.165) is 5.92 Å². The minimum atomic E-state index is 0.780. The third-order valence-corrected chi connectivity index (χ3v) is 4.68. The molecule has 0 bridgehead atoms. The normalized spacial score (nSPS) is 22.5. The molecule has 2 nitrogen and oxygen atoms in total. The molecule has 2 heterocycles. The number of piperidine rings is 2. The summed E-state index contributed by atoms with van der Waals surface area (Å²) in [5, 5.41) is 3.47. The zero-order valence-corrected chi connectivity index (χ0v) is 11.9. The second-order valence-corrected chi connectivity index (χ2v) is 6.06. The van der Waals surface area contributed by atoms with Crippen LogP contribution in [0.15, 0.2) is 24.3 Å². The summed E-state index contributed by atoms with van der Waals surface area (Å²) in [6.45, 7) is 6.12. The number of hydrogen-bond donors (Lipinski definition) is 1. The highest BCUT2D eigenvalue weighted by molar-refractivity contribution is 5.31. The number of likely N-dealkylation sites (tertiary alicyclic amines) is 1. The van der Waals surface area contributed by atoms with E-state index < -0.39 is 0 Å². The average molecular weight is 258 g/mol. The molecule has 0 aromatic heterocycles. The second kappa shape index (κ2) is 6.53. The fourth-order valence-corrected chi connectivity index (χ4v) is 3.57. The van der Waals surface area contributed by atoms with Gasteiger partial charge in [-0.15, -0.1) is 0 Å². The molecule has 0 unspecified atom stereocenters. The van der Waals surface area contributed by atoms with Crippen LogP contribution in [0.3, 0.4) is 0 Å². The molecule has 2 aliphatic heterocycles. The Hall–Kier alpha value is -0.860. The van der Waals surface area contributed by atoms with Gasteiger partial charge in [-0.25, -0.2) is 0 Å². The van der Waals surface area contributed by atoms with Crippen molar-refractivity contribution in [2.45, 2.75) is 44.6 Å². The standard InChI is InChI=1S/C17H26N2/c1-4-12-19(13-5-1)14-16-6-2-3-7-17(16)15-8-10-18-11-9-15/h2-3,6-7,15,18H,1,4-5,8-14H2. The topological polar surface area (TPSA) is 15.3 Å². The van der Waals surface area contributed by atoms with Gasteiger partial charge in [-0.05, 0) is 68.9 Å². The molecule has 1 aromatic carbocycles. The Morgan fingerprint density at radius 3 is 2.53 bits per heavy atom. The van der Waals surface area contributed by atoms with Crippen LogP contribution in [0.2, 0.25) is 0 Å². The van der Waals surface area contributed by atoms with Crippen molar-refractivity contribution >= 4 is 0 Å². The van der Waals surface area contributed by atoms with Gasteiger partial charge in [0.05, 0.1) is 0 Å². The lowest BCUT2D eigenvalue weighted by Crippen LogP contribution is -2.30. The number of benzene rings is 1. The first-order valence-corrected chi connectivity index (χ1v) is 7.94. The van der Waals surface area contributed by atoms with Crippen molar-refractivity contribution < 1.29 is 0 Å². The highest BCUT2D eigenvalue weighted by atomic mass is 15.1. The van der Waals surface area contributed by atoms with E-state index in [1.807, 2.05) is 0 Å². The molecule has 2 aliphatic rings. The monoisotopic (exact) mass is 258 g/mol. The Morgan fingerprint density at radius 2 is 1.74 bits per heavy atom. The number of nitrogens with one attached hydrogen (secondary N) is 1. The maximum absolute atomic E-state index is 3.47. The van der Waals surface area contributed by atoms with Gasteiger partial charge < -0.3 is 5.32 Å². The second-order valence-electron chi connectivity index (χ2n) is 6.06. The number of hydrogen-bond acceptors (Lipinski definition) is 2. The first-order chi connectivity index (χ1) is 9.43. The maximum atomic E-state index is 3.47. The van der Waals surface area contributed by atoms with Crippen molar-refractivity contribution in [3.05, 3.63) is 35.4 Å². The zero-order valence-electron chi connectivity index (χ0n) is 11.9. The highest BCUT2D eigenvalue weighted by Gasteiger charge is 2.19. The van der Waals surface area contributed by atoms with Crippen molar-refractivity contribution in [2.24, 2.45) is 0 Å². The molecule has 3 rings (SSSR count). The van der Waals surface area contributed by atoms with Gasteiger partial charge in [0.1, 0.15) is 0 Å². The lowest BCUT2D eigenvalue weighted by atomic mass is 9.87. The van der Waals surface area contributed by atoms with Crippen LogP contribution in [0.25, 0.3) is 0 Å². The summed E-state index contributed by atoms with van der Waals surface area (Å²) in [6, 6.07) is 9.15. The molecule has 0 radical (unpaired) electrons. The van der Waals surface area contributed by atoms with Gasteiger partial charge in [-0.3, -0.25) is 4.90 Å². The lowest BCUT2D eigenvalue weighted by molar-refractivity contribution is 0.220. The summed E-state index contributed by atoms with van der Waals surface area (Å²) in [6.07, 6.45) is 6.80. The fourth-order valence-electron chi connectivity index (χ4n) is 3.57. The maximum Gasteiger partial charge on any atom is 0.0236 e. The molecular formula is C17H26N2. The van der Waals surface area contributed by atoms with Crippen molar-refractivity contribution in [3.8, 4) is 0 Å². The van der Waals surface area contributed by atoms with Gasteiger partial charge in [-0.2, -0.15) is 0 Å². The minimum absolute atomic E-state index is 0.780. The minimum Gasteiger partial charge on any atom is -0.317 e. The van der Waals surface area contributed by atoms with Crippen LogP contribution in [-0.4, -0.2) is 31.1 Å². The summed E-state index contributed by atoms with van der Waals surface area (Å²) in [4.78, 5) is 2.64. The molecule has 0 amide bonds. The molecule has 2 saturated heterocycles. The predicted octanol–water partition coefficient (Wildman–Crippen LogP) is 3.14. The molecule has 2 fully saturated rings. The Balaban J connectivity index is 1.72. The van der Waals surface area contributed by atoms with Gasteiger partial charge in [0.25, 0.3) is 0 Å². The fraction of sp³-hybridized carbons (Fsp3) is 0.647. The van der Waals surface area contributed by atoms with E-state index in [2.05, 4.69) is 34.5 Å². The largest absolute Gasteiger partial charge is 0.317 e. The van der Waals surface area contributed by atoms with Crippen LogP contribution in [0.5, 0.6) is 0 Å². The van der Waals surface area contributed by atoms with Gasteiger partial charge in [0.2, 0.25) is 0 Å². The van der Waals surface area contributed by atoms with Gasteiger partial charge in [0, 0.05) is 6.54 Å². The van der Waals surface area contributed by atoms with Crippen molar-refractivity contribution in [3.63, 3.8) is 0 Å². The van der Waals surface area contributed by atoms with Crippen molar-refractivity contribution in [1.29, 1.82) is 0 Å². The van der Waals surface area contributed by atoms with E-state index in [1.54, 1.807) is 11.1 Å². The molecular weight excluding hydrogens is 232 g/mol. The summed E-state index contributed by atoms with van der Waals surface area (Å²) in [5.41, 5.74) is 3.20. The van der Waals surface area contributed by atoms with E-state index in [4.69, 9.17) is 0 Å². The molecule has 0 aliphatic carbocycles. The quantitative estimate of drug-likeness (QED) is 0.896. The molecule has 19 heavy (non-hydrogen) atoms.